The van der Waals surface area contributed by atoms with Crippen molar-refractivity contribution in [1.29, 1.82) is 0 Å². The Morgan fingerprint density at radius 3 is 2.67 bits per heavy atom. The number of halogens is 1. The zero-order valence-corrected chi connectivity index (χ0v) is 11.3. The number of aromatic nitrogens is 3. The monoisotopic (exact) mass is 329 g/mol. The highest BCUT2D eigenvalue weighted by Gasteiger charge is 2.16. The molecule has 3 N–H and O–H groups in total. The van der Waals surface area contributed by atoms with Crippen LogP contribution in [0.25, 0.3) is 0 Å². The standard InChI is InChI=1S/C9H8BrN5O2S/c10-7-5-6(1-2-8(7)11)18(16,17)15-9-12-3-4-13-14-9/h1-5H,11H2,(H,12,14,15). The number of hydrogen-bond acceptors (Lipinski definition) is 6. The lowest BCUT2D eigenvalue weighted by atomic mass is 10.3. The first-order valence-corrected chi connectivity index (χ1v) is 6.98. The molecular weight excluding hydrogens is 322 g/mol. The maximum atomic E-state index is 12.0. The van der Waals surface area contributed by atoms with Crippen LogP contribution >= 0.6 is 15.9 Å². The Bertz CT molecular complexity index is 662. The highest BCUT2D eigenvalue weighted by Crippen LogP contribution is 2.23. The first kappa shape index (κ1) is 12.7. The molecule has 0 saturated carbocycles. The average molecular weight is 330 g/mol. The summed E-state index contributed by atoms with van der Waals surface area (Å²) < 4.78 is 26.7. The van der Waals surface area contributed by atoms with Gasteiger partial charge in [-0.05, 0) is 34.1 Å². The van der Waals surface area contributed by atoms with Crippen LogP contribution in [-0.4, -0.2) is 23.6 Å². The van der Waals surface area contributed by atoms with Gasteiger partial charge in [-0.25, -0.2) is 18.1 Å². The third kappa shape index (κ3) is 2.74. The van der Waals surface area contributed by atoms with E-state index in [9.17, 15) is 8.42 Å². The van der Waals surface area contributed by atoms with Gasteiger partial charge in [0, 0.05) is 10.2 Å². The van der Waals surface area contributed by atoms with Gasteiger partial charge in [-0.3, -0.25) is 0 Å². The van der Waals surface area contributed by atoms with Crippen LogP contribution in [-0.2, 0) is 10.0 Å². The van der Waals surface area contributed by atoms with E-state index in [1.165, 1.54) is 30.6 Å². The van der Waals surface area contributed by atoms with Crippen molar-refractivity contribution in [2.75, 3.05) is 10.5 Å². The van der Waals surface area contributed by atoms with Crippen molar-refractivity contribution in [2.24, 2.45) is 0 Å². The van der Waals surface area contributed by atoms with E-state index in [1.807, 2.05) is 0 Å². The molecule has 7 nitrogen and oxygen atoms in total. The van der Waals surface area contributed by atoms with Crippen LogP contribution < -0.4 is 10.5 Å². The van der Waals surface area contributed by atoms with Crippen LogP contribution in [0, 0.1) is 0 Å². The summed E-state index contributed by atoms with van der Waals surface area (Å²) in [5, 5.41) is 7.07. The molecule has 0 fully saturated rings. The maximum Gasteiger partial charge on any atom is 0.264 e. The van der Waals surface area contributed by atoms with Crippen molar-refractivity contribution < 1.29 is 8.42 Å². The Hall–Kier alpha value is -1.74. The Balaban J connectivity index is 2.34. The molecule has 0 unspecified atom stereocenters. The molecule has 94 valence electrons. The van der Waals surface area contributed by atoms with Crippen molar-refractivity contribution in [2.45, 2.75) is 4.90 Å². The molecule has 0 amide bonds. The molecule has 0 aliphatic carbocycles. The molecule has 18 heavy (non-hydrogen) atoms. The van der Waals surface area contributed by atoms with Crippen LogP contribution in [0.4, 0.5) is 11.6 Å². The Labute approximate surface area is 112 Å². The molecule has 9 heteroatoms. The molecule has 1 aromatic carbocycles. The second kappa shape index (κ2) is 4.86. The fraction of sp³-hybridized carbons (Fsp3) is 0. The lowest BCUT2D eigenvalue weighted by Gasteiger charge is -2.07. The molecule has 2 aromatic rings. The van der Waals surface area contributed by atoms with E-state index in [0.29, 0.717) is 10.2 Å². The topological polar surface area (TPSA) is 111 Å². The zero-order valence-electron chi connectivity index (χ0n) is 8.91. The molecular formula is C9H8BrN5O2S. The number of benzene rings is 1. The van der Waals surface area contributed by atoms with Crippen LogP contribution in [0.1, 0.15) is 0 Å². The summed E-state index contributed by atoms with van der Waals surface area (Å²) in [6.07, 6.45) is 2.68. The van der Waals surface area contributed by atoms with Crippen LogP contribution in [0.3, 0.4) is 0 Å². The molecule has 0 saturated heterocycles. The van der Waals surface area contributed by atoms with Crippen molar-refractivity contribution in [3.63, 3.8) is 0 Å². The van der Waals surface area contributed by atoms with Crippen molar-refractivity contribution in [3.05, 3.63) is 35.1 Å². The number of rotatable bonds is 3. The predicted octanol–water partition coefficient (Wildman–Crippen LogP) is 1.02. The Morgan fingerprint density at radius 2 is 2.06 bits per heavy atom. The predicted molar refractivity (Wildman–Crippen MR) is 69.2 cm³/mol. The normalized spacial score (nSPS) is 11.2. The summed E-state index contributed by atoms with van der Waals surface area (Å²) in [4.78, 5) is 3.78. The Morgan fingerprint density at radius 1 is 1.28 bits per heavy atom. The third-order valence-corrected chi connectivity index (χ3v) is 4.00. The summed E-state index contributed by atoms with van der Waals surface area (Å²) in [6, 6.07) is 4.27. The summed E-state index contributed by atoms with van der Waals surface area (Å²) in [5.74, 6) is -0.0922. The minimum atomic E-state index is -3.75. The number of nitrogens with two attached hydrogens (primary N) is 1. The quantitative estimate of drug-likeness (QED) is 0.813. The third-order valence-electron chi connectivity index (χ3n) is 1.99. The number of hydrogen-bond donors (Lipinski definition) is 2. The van der Waals surface area contributed by atoms with Crippen molar-refractivity contribution in [1.82, 2.24) is 15.2 Å². The van der Waals surface area contributed by atoms with E-state index < -0.39 is 10.0 Å². The van der Waals surface area contributed by atoms with Crippen LogP contribution in [0.15, 0.2) is 40.0 Å². The van der Waals surface area contributed by atoms with Crippen molar-refractivity contribution >= 4 is 37.6 Å². The van der Waals surface area contributed by atoms with Gasteiger partial charge in [0.2, 0.25) is 0 Å². The molecule has 0 bridgehead atoms. The molecule has 1 heterocycles. The lowest BCUT2D eigenvalue weighted by Crippen LogP contribution is -2.15. The molecule has 2 rings (SSSR count). The smallest absolute Gasteiger partial charge is 0.264 e. The molecule has 1 aromatic heterocycles. The number of nitrogens with zero attached hydrogens (tertiary/aromatic N) is 3. The van der Waals surface area contributed by atoms with Crippen LogP contribution in [0.5, 0.6) is 0 Å². The highest BCUT2D eigenvalue weighted by atomic mass is 79.9. The van der Waals surface area contributed by atoms with Gasteiger partial charge in [0.05, 0.1) is 17.3 Å². The highest BCUT2D eigenvalue weighted by molar-refractivity contribution is 9.10. The largest absolute Gasteiger partial charge is 0.398 e. The first-order valence-electron chi connectivity index (χ1n) is 4.70. The van der Waals surface area contributed by atoms with E-state index in [0.717, 1.165) is 0 Å². The fourth-order valence-electron chi connectivity index (χ4n) is 1.15. The van der Waals surface area contributed by atoms with E-state index >= 15 is 0 Å². The second-order valence-electron chi connectivity index (χ2n) is 3.26. The van der Waals surface area contributed by atoms with E-state index in [2.05, 4.69) is 35.8 Å². The van der Waals surface area contributed by atoms with Gasteiger partial charge in [-0.1, -0.05) is 0 Å². The van der Waals surface area contributed by atoms with E-state index in [1.54, 1.807) is 0 Å². The maximum absolute atomic E-state index is 12.0. The summed E-state index contributed by atoms with van der Waals surface area (Å²) >= 11 is 3.16. The number of nitrogens with one attached hydrogen (secondary N) is 1. The van der Waals surface area contributed by atoms with Crippen molar-refractivity contribution in [3.8, 4) is 0 Å². The molecule has 0 aliphatic heterocycles. The fourth-order valence-corrected chi connectivity index (χ4v) is 2.65. The van der Waals surface area contributed by atoms with Gasteiger partial charge in [0.1, 0.15) is 0 Å². The van der Waals surface area contributed by atoms with Gasteiger partial charge >= 0.3 is 0 Å². The van der Waals surface area contributed by atoms with Gasteiger partial charge in [-0.2, -0.15) is 5.10 Å². The van der Waals surface area contributed by atoms with E-state index in [-0.39, 0.29) is 10.8 Å². The van der Waals surface area contributed by atoms with Gasteiger partial charge in [0.15, 0.2) is 0 Å². The van der Waals surface area contributed by atoms with Crippen LogP contribution in [0.2, 0.25) is 0 Å². The SMILES string of the molecule is Nc1ccc(S(=O)(=O)Nc2nccnn2)cc1Br. The molecule has 0 radical (unpaired) electrons. The molecule has 0 aliphatic rings. The van der Waals surface area contributed by atoms with E-state index in [4.69, 9.17) is 5.73 Å². The summed E-state index contributed by atoms with van der Waals surface area (Å²) in [6.45, 7) is 0. The lowest BCUT2D eigenvalue weighted by molar-refractivity contribution is 0.600. The van der Waals surface area contributed by atoms with Gasteiger partial charge in [0.25, 0.3) is 16.0 Å². The van der Waals surface area contributed by atoms with Gasteiger partial charge in [-0.15, -0.1) is 5.10 Å². The number of sulfonamides is 1. The zero-order chi connectivity index (χ0) is 13.2. The first-order chi connectivity index (χ1) is 8.49. The average Bonchev–Trinajstić information content (AvgIpc) is 2.33. The summed E-state index contributed by atoms with van der Waals surface area (Å²) in [7, 11) is -3.75. The number of anilines is 2. The molecule has 0 spiro atoms. The molecule has 0 atom stereocenters. The minimum absolute atomic E-state index is 0.0519. The second-order valence-corrected chi connectivity index (χ2v) is 5.79. The number of nitrogen functional groups attached to an aromatic ring is 1. The summed E-state index contributed by atoms with van der Waals surface area (Å²) in [5.41, 5.74) is 6.04. The van der Waals surface area contributed by atoms with Gasteiger partial charge < -0.3 is 5.73 Å². The Kier molecular flexibility index (Phi) is 3.43. The minimum Gasteiger partial charge on any atom is -0.398 e.